The van der Waals surface area contributed by atoms with Crippen LogP contribution in [0.3, 0.4) is 0 Å². The Balaban J connectivity index is 1.31. The quantitative estimate of drug-likeness (QED) is 0.159. The van der Waals surface area contributed by atoms with Crippen LogP contribution in [0.1, 0.15) is 32.6 Å². The van der Waals surface area contributed by atoms with Crippen molar-refractivity contribution >= 4 is 28.3 Å². The third kappa shape index (κ3) is 6.51. The number of carbonyl (C=O) groups is 2. The van der Waals surface area contributed by atoms with Crippen molar-refractivity contribution in [2.24, 2.45) is 0 Å². The van der Waals surface area contributed by atoms with Gasteiger partial charge in [0.05, 0.1) is 17.5 Å². The second-order valence-corrected chi connectivity index (χ2v) is 10.8. The highest BCUT2D eigenvalue weighted by atomic mass is 19.4. The van der Waals surface area contributed by atoms with Crippen molar-refractivity contribution in [3.8, 4) is 22.3 Å². The molecule has 1 aromatic heterocycles. The minimum absolute atomic E-state index is 0.0460. The lowest BCUT2D eigenvalue weighted by Gasteiger charge is -2.17. The number of carboxylic acids is 1. The topological polar surface area (TPSA) is 79.3 Å². The van der Waals surface area contributed by atoms with E-state index in [9.17, 15) is 22.8 Å². The number of carboxylic acid groups (broad SMARTS) is 1. The van der Waals surface area contributed by atoms with Crippen LogP contribution >= 0.6 is 0 Å². The van der Waals surface area contributed by atoms with Crippen LogP contribution in [0.2, 0.25) is 0 Å². The molecule has 6 rings (SSSR count). The fourth-order valence-electron chi connectivity index (χ4n) is 5.52. The van der Waals surface area contributed by atoms with E-state index in [1.54, 1.807) is 54.6 Å². The number of ketones is 1. The Morgan fingerprint density at radius 1 is 0.717 bits per heavy atom. The summed E-state index contributed by atoms with van der Waals surface area (Å²) in [6.07, 6.45) is -3.42. The lowest BCUT2D eigenvalue weighted by molar-refractivity contribution is -0.137. The van der Waals surface area contributed by atoms with Crippen LogP contribution in [0.5, 0.6) is 0 Å². The number of nitrogens with one attached hydrogen (secondary N) is 1. The molecular formula is C38H27F3N2O3. The van der Waals surface area contributed by atoms with E-state index in [-0.39, 0.29) is 28.7 Å². The molecule has 0 saturated carbocycles. The van der Waals surface area contributed by atoms with E-state index < -0.39 is 17.7 Å². The summed E-state index contributed by atoms with van der Waals surface area (Å²) in [6, 6.07) is 35.0. The predicted molar refractivity (Wildman–Crippen MR) is 173 cm³/mol. The molecule has 0 unspecified atom stereocenters. The molecule has 2 N–H and O–H groups in total. The lowest BCUT2D eigenvalue weighted by Crippen LogP contribution is -2.09. The predicted octanol–water partition coefficient (Wildman–Crippen LogP) is 9.06. The number of aromatic nitrogens is 1. The maximum Gasteiger partial charge on any atom is 0.418 e. The monoisotopic (exact) mass is 616 g/mol. The number of anilines is 1. The van der Waals surface area contributed by atoms with Gasteiger partial charge in [-0.2, -0.15) is 13.2 Å². The number of hydrogen-bond acceptors (Lipinski definition) is 4. The van der Waals surface area contributed by atoms with Gasteiger partial charge in [0, 0.05) is 40.5 Å². The Kier molecular flexibility index (Phi) is 8.35. The number of fused-ring (bicyclic) bond motifs is 1. The van der Waals surface area contributed by atoms with Crippen LogP contribution in [0.25, 0.3) is 33.2 Å². The summed E-state index contributed by atoms with van der Waals surface area (Å²) in [5.41, 5.74) is 4.79. The zero-order chi connectivity index (χ0) is 32.3. The van der Waals surface area contributed by atoms with Crippen LogP contribution in [0, 0.1) is 0 Å². The smallest absolute Gasteiger partial charge is 0.418 e. The average molecular weight is 617 g/mol. The summed E-state index contributed by atoms with van der Waals surface area (Å²) in [4.78, 5) is 28.9. The normalized spacial score (nSPS) is 11.4. The number of nitrogens with zero attached hydrogens (tertiary/aromatic N) is 1. The van der Waals surface area contributed by atoms with E-state index >= 15 is 0 Å². The zero-order valence-electron chi connectivity index (χ0n) is 24.4. The molecule has 1 heterocycles. The van der Waals surface area contributed by atoms with Crippen LogP contribution in [0.4, 0.5) is 18.9 Å². The van der Waals surface area contributed by atoms with Gasteiger partial charge in [0.25, 0.3) is 0 Å². The van der Waals surface area contributed by atoms with Crippen molar-refractivity contribution < 1.29 is 27.9 Å². The summed E-state index contributed by atoms with van der Waals surface area (Å²) in [5, 5.41) is 12.7. The Labute approximate surface area is 263 Å². The van der Waals surface area contributed by atoms with E-state index in [0.29, 0.717) is 23.2 Å². The molecule has 5 nitrogen and oxygen atoms in total. The molecule has 0 saturated heterocycles. The second kappa shape index (κ2) is 12.7. The second-order valence-electron chi connectivity index (χ2n) is 10.8. The number of halogens is 3. The van der Waals surface area contributed by atoms with E-state index in [2.05, 4.69) is 10.3 Å². The zero-order valence-corrected chi connectivity index (χ0v) is 24.4. The van der Waals surface area contributed by atoms with Gasteiger partial charge >= 0.3 is 12.1 Å². The van der Waals surface area contributed by atoms with E-state index in [0.717, 1.165) is 34.0 Å². The maximum atomic E-state index is 13.9. The Morgan fingerprint density at radius 2 is 1.43 bits per heavy atom. The van der Waals surface area contributed by atoms with Crippen molar-refractivity contribution in [1.29, 1.82) is 0 Å². The van der Waals surface area contributed by atoms with Crippen molar-refractivity contribution in [3.63, 3.8) is 0 Å². The van der Waals surface area contributed by atoms with Crippen molar-refractivity contribution in [2.75, 3.05) is 5.32 Å². The van der Waals surface area contributed by atoms with E-state index in [4.69, 9.17) is 5.11 Å². The molecule has 0 aliphatic rings. The minimum Gasteiger partial charge on any atom is -0.481 e. The van der Waals surface area contributed by atoms with Gasteiger partial charge in [-0.25, -0.2) is 0 Å². The van der Waals surface area contributed by atoms with Crippen LogP contribution in [-0.2, 0) is 23.9 Å². The lowest BCUT2D eigenvalue weighted by atomic mass is 9.91. The summed E-state index contributed by atoms with van der Waals surface area (Å²) >= 11 is 0. The molecule has 6 aromatic rings. The minimum atomic E-state index is -4.62. The van der Waals surface area contributed by atoms with Crippen LogP contribution in [0.15, 0.2) is 128 Å². The first-order valence-electron chi connectivity index (χ1n) is 14.5. The highest BCUT2D eigenvalue weighted by molar-refractivity contribution is 6.16. The first kappa shape index (κ1) is 30.3. The molecular weight excluding hydrogens is 589 g/mol. The molecule has 46 heavy (non-hydrogen) atoms. The fourth-order valence-corrected chi connectivity index (χ4v) is 5.52. The Hall–Kier alpha value is -5.76. The van der Waals surface area contributed by atoms with Gasteiger partial charge in [-0.3, -0.25) is 14.6 Å². The van der Waals surface area contributed by atoms with Gasteiger partial charge in [-0.1, -0.05) is 103 Å². The molecule has 0 fully saturated rings. The molecule has 0 spiro atoms. The molecule has 5 aromatic carbocycles. The Bertz CT molecular complexity index is 2060. The van der Waals surface area contributed by atoms with Gasteiger partial charge in [0.1, 0.15) is 0 Å². The molecule has 0 bridgehead atoms. The summed E-state index contributed by atoms with van der Waals surface area (Å²) < 4.78 is 41.8. The molecule has 0 amide bonds. The SMILES string of the molecule is O=C(O)Cc1cccc(-c2ccc(CNc3cccc(-c4c(C(=O)c5ccccc5)cnc5c(C(F)(F)F)cccc45)c3)cc2)c1. The number of alkyl halides is 3. The van der Waals surface area contributed by atoms with Crippen LogP contribution < -0.4 is 5.32 Å². The average Bonchev–Trinajstić information content (AvgIpc) is 3.06. The van der Waals surface area contributed by atoms with E-state index in [1.807, 2.05) is 54.6 Å². The summed E-state index contributed by atoms with van der Waals surface area (Å²) in [6.45, 7) is 0.466. The summed E-state index contributed by atoms with van der Waals surface area (Å²) in [5.74, 6) is -1.22. The van der Waals surface area contributed by atoms with E-state index in [1.165, 1.54) is 12.3 Å². The van der Waals surface area contributed by atoms with Gasteiger partial charge in [0.2, 0.25) is 0 Å². The number of carbonyl (C=O) groups excluding carboxylic acids is 1. The highest BCUT2D eigenvalue weighted by Crippen LogP contribution is 2.39. The third-order valence-corrected chi connectivity index (χ3v) is 7.70. The Morgan fingerprint density at radius 3 is 2.17 bits per heavy atom. The maximum absolute atomic E-state index is 13.9. The van der Waals surface area contributed by atoms with Crippen molar-refractivity contribution in [1.82, 2.24) is 4.98 Å². The number of pyridine rings is 1. The number of rotatable bonds is 9. The number of aliphatic carboxylic acids is 1. The van der Waals surface area contributed by atoms with Gasteiger partial charge in [0.15, 0.2) is 5.78 Å². The molecule has 8 heteroatoms. The largest absolute Gasteiger partial charge is 0.481 e. The summed E-state index contributed by atoms with van der Waals surface area (Å²) in [7, 11) is 0. The first-order chi connectivity index (χ1) is 22.2. The molecule has 0 atom stereocenters. The standard InChI is InChI=1S/C38H27F3N2O3/c39-38(40,41)33-14-6-13-31-35(32(23-43-36(31)33)37(46)27-8-2-1-3-9-27)29-11-5-12-30(21-29)42-22-24-15-17-26(18-16-24)28-10-4-7-25(19-28)20-34(44)45/h1-19,21,23,42H,20,22H2,(H,44,45). The molecule has 0 radical (unpaired) electrons. The fraction of sp³-hybridized carbons (Fsp3) is 0.0789. The first-order valence-corrected chi connectivity index (χ1v) is 14.5. The number of benzene rings is 5. The van der Waals surface area contributed by atoms with Gasteiger partial charge in [-0.05, 0) is 46.0 Å². The number of hydrogen-bond donors (Lipinski definition) is 2. The van der Waals surface area contributed by atoms with Crippen molar-refractivity contribution in [2.45, 2.75) is 19.1 Å². The molecule has 228 valence electrons. The highest BCUT2D eigenvalue weighted by Gasteiger charge is 2.34. The van der Waals surface area contributed by atoms with Crippen molar-refractivity contribution in [3.05, 3.63) is 155 Å². The molecule has 0 aliphatic heterocycles. The van der Waals surface area contributed by atoms with Gasteiger partial charge < -0.3 is 10.4 Å². The van der Waals surface area contributed by atoms with Crippen LogP contribution in [-0.4, -0.2) is 21.8 Å². The number of para-hydroxylation sites is 1. The third-order valence-electron chi connectivity index (χ3n) is 7.70. The molecule has 0 aliphatic carbocycles. The van der Waals surface area contributed by atoms with Gasteiger partial charge in [-0.15, -0.1) is 0 Å².